The first kappa shape index (κ1) is 12.6. The van der Waals surface area contributed by atoms with E-state index in [1.165, 1.54) is 23.5 Å². The summed E-state index contributed by atoms with van der Waals surface area (Å²) in [6.45, 7) is 0. The smallest absolute Gasteiger partial charge is 0.161 e. The van der Waals surface area contributed by atoms with Gasteiger partial charge in [0.15, 0.2) is 11.0 Å². The number of fused-ring (bicyclic) bond motifs is 3. The van der Waals surface area contributed by atoms with E-state index >= 15 is 0 Å². The Kier molecular flexibility index (Phi) is 2.83. The standard InChI is InChI=1S/C15H7ClFN3S/c16-13-12-11(10-5-2-6-18-15(10)21-12)19-14(20-13)8-3-1-4-9(17)7-8/h1-7H. The molecule has 0 aliphatic heterocycles. The molecule has 3 heterocycles. The maximum Gasteiger partial charge on any atom is 0.161 e. The Bertz CT molecular complexity index is 983. The second kappa shape index (κ2) is 4.72. The van der Waals surface area contributed by atoms with E-state index in [0.717, 1.165) is 20.4 Å². The molecule has 0 bridgehead atoms. The van der Waals surface area contributed by atoms with E-state index in [0.29, 0.717) is 16.5 Å². The topological polar surface area (TPSA) is 38.7 Å². The van der Waals surface area contributed by atoms with Crippen LogP contribution in [0.15, 0.2) is 42.6 Å². The van der Waals surface area contributed by atoms with Crippen molar-refractivity contribution in [2.24, 2.45) is 0 Å². The summed E-state index contributed by atoms with van der Waals surface area (Å²) in [5, 5.41) is 1.29. The van der Waals surface area contributed by atoms with Crippen molar-refractivity contribution < 1.29 is 4.39 Å². The number of pyridine rings is 1. The average molecular weight is 316 g/mol. The third kappa shape index (κ3) is 2.05. The summed E-state index contributed by atoms with van der Waals surface area (Å²) < 4.78 is 14.2. The van der Waals surface area contributed by atoms with Gasteiger partial charge in [-0.25, -0.2) is 19.3 Å². The summed E-state index contributed by atoms with van der Waals surface area (Å²) in [6, 6.07) is 9.96. The molecular weight excluding hydrogens is 309 g/mol. The number of hydrogen-bond donors (Lipinski definition) is 0. The first-order chi connectivity index (χ1) is 10.2. The highest BCUT2D eigenvalue weighted by molar-refractivity contribution is 7.25. The number of hydrogen-bond acceptors (Lipinski definition) is 4. The Labute approximate surface area is 128 Å². The van der Waals surface area contributed by atoms with Crippen LogP contribution in [0.2, 0.25) is 5.15 Å². The van der Waals surface area contributed by atoms with Crippen LogP contribution >= 0.6 is 22.9 Å². The van der Waals surface area contributed by atoms with Crippen molar-refractivity contribution in [1.82, 2.24) is 15.0 Å². The number of halogens is 2. The molecule has 6 heteroatoms. The van der Waals surface area contributed by atoms with Crippen LogP contribution in [0.5, 0.6) is 0 Å². The highest BCUT2D eigenvalue weighted by Gasteiger charge is 2.14. The number of benzene rings is 1. The fourth-order valence-corrected chi connectivity index (χ4v) is 3.45. The summed E-state index contributed by atoms with van der Waals surface area (Å²) >= 11 is 7.71. The zero-order valence-corrected chi connectivity index (χ0v) is 12.1. The Morgan fingerprint density at radius 2 is 2.00 bits per heavy atom. The molecule has 0 spiro atoms. The summed E-state index contributed by atoms with van der Waals surface area (Å²) in [5.41, 5.74) is 1.35. The first-order valence-corrected chi connectivity index (χ1v) is 7.38. The summed E-state index contributed by atoms with van der Waals surface area (Å²) in [6.07, 6.45) is 1.73. The zero-order chi connectivity index (χ0) is 14.4. The molecule has 0 fully saturated rings. The largest absolute Gasteiger partial charge is 0.245 e. The van der Waals surface area contributed by atoms with Gasteiger partial charge in [-0.05, 0) is 24.3 Å². The Morgan fingerprint density at radius 1 is 1.10 bits per heavy atom. The van der Waals surface area contributed by atoms with Gasteiger partial charge in [0.1, 0.15) is 10.6 Å². The van der Waals surface area contributed by atoms with E-state index in [9.17, 15) is 4.39 Å². The van der Waals surface area contributed by atoms with Crippen LogP contribution < -0.4 is 0 Å². The third-order valence-electron chi connectivity index (χ3n) is 3.13. The molecule has 0 saturated carbocycles. The molecule has 4 aromatic rings. The van der Waals surface area contributed by atoms with Gasteiger partial charge in [0.25, 0.3) is 0 Å². The van der Waals surface area contributed by atoms with E-state index < -0.39 is 0 Å². The van der Waals surface area contributed by atoms with Gasteiger partial charge in [0.05, 0.1) is 10.2 Å². The number of aromatic nitrogens is 3. The van der Waals surface area contributed by atoms with Crippen LogP contribution in [0.25, 0.3) is 31.8 Å². The predicted molar refractivity (Wildman–Crippen MR) is 83.1 cm³/mol. The van der Waals surface area contributed by atoms with Crippen LogP contribution in [-0.4, -0.2) is 15.0 Å². The lowest BCUT2D eigenvalue weighted by Gasteiger charge is -2.02. The van der Waals surface area contributed by atoms with Crippen LogP contribution in [0, 0.1) is 5.82 Å². The summed E-state index contributed by atoms with van der Waals surface area (Å²) in [4.78, 5) is 14.0. The van der Waals surface area contributed by atoms with Crippen molar-refractivity contribution in [3.8, 4) is 11.4 Å². The SMILES string of the molecule is Fc1cccc(-c2nc(Cl)c3sc4ncccc4c3n2)c1. The monoisotopic (exact) mass is 315 g/mol. The van der Waals surface area contributed by atoms with Crippen LogP contribution in [0.1, 0.15) is 0 Å². The number of rotatable bonds is 1. The lowest BCUT2D eigenvalue weighted by molar-refractivity contribution is 0.628. The van der Waals surface area contributed by atoms with Crippen molar-refractivity contribution in [2.75, 3.05) is 0 Å². The molecule has 3 nitrogen and oxygen atoms in total. The normalized spacial score (nSPS) is 11.3. The highest BCUT2D eigenvalue weighted by atomic mass is 35.5. The summed E-state index contributed by atoms with van der Waals surface area (Å²) in [5.74, 6) is 0.0831. The number of thiophene rings is 1. The minimum absolute atomic E-state index is 0.329. The Balaban J connectivity index is 2.06. The van der Waals surface area contributed by atoms with Crippen molar-refractivity contribution in [3.63, 3.8) is 0 Å². The van der Waals surface area contributed by atoms with Gasteiger partial charge in [0, 0.05) is 17.1 Å². The molecule has 0 saturated heterocycles. The Hall–Kier alpha value is -2.11. The molecule has 0 aliphatic rings. The second-order valence-electron chi connectivity index (χ2n) is 4.48. The quantitative estimate of drug-likeness (QED) is 0.478. The van der Waals surface area contributed by atoms with Gasteiger partial charge in [-0.1, -0.05) is 23.7 Å². The van der Waals surface area contributed by atoms with Gasteiger partial charge in [0.2, 0.25) is 0 Å². The van der Waals surface area contributed by atoms with Gasteiger partial charge in [-0.3, -0.25) is 0 Å². The van der Waals surface area contributed by atoms with Gasteiger partial charge >= 0.3 is 0 Å². The Morgan fingerprint density at radius 3 is 2.86 bits per heavy atom. The second-order valence-corrected chi connectivity index (χ2v) is 5.84. The van der Waals surface area contributed by atoms with E-state index in [-0.39, 0.29) is 5.82 Å². The van der Waals surface area contributed by atoms with E-state index in [4.69, 9.17) is 11.6 Å². The summed E-state index contributed by atoms with van der Waals surface area (Å²) in [7, 11) is 0. The van der Waals surface area contributed by atoms with Crippen molar-refractivity contribution in [1.29, 1.82) is 0 Å². The van der Waals surface area contributed by atoms with Crippen molar-refractivity contribution >= 4 is 43.4 Å². The molecule has 3 aromatic heterocycles. The highest BCUT2D eigenvalue weighted by Crippen LogP contribution is 2.36. The van der Waals surface area contributed by atoms with Gasteiger partial charge in [-0.15, -0.1) is 11.3 Å². The van der Waals surface area contributed by atoms with Crippen LogP contribution in [-0.2, 0) is 0 Å². The molecular formula is C15H7ClFN3S. The molecule has 0 atom stereocenters. The molecule has 102 valence electrons. The number of nitrogens with zero attached hydrogens (tertiary/aromatic N) is 3. The predicted octanol–water partition coefficient (Wildman–Crippen LogP) is 4.70. The minimum atomic E-state index is -0.329. The van der Waals surface area contributed by atoms with Gasteiger partial charge in [-0.2, -0.15) is 0 Å². The van der Waals surface area contributed by atoms with Crippen LogP contribution in [0.3, 0.4) is 0 Å². The molecule has 0 N–H and O–H groups in total. The molecule has 0 aliphatic carbocycles. The molecule has 1 aromatic carbocycles. The molecule has 0 radical (unpaired) electrons. The van der Waals surface area contributed by atoms with Crippen molar-refractivity contribution in [3.05, 3.63) is 53.6 Å². The van der Waals surface area contributed by atoms with E-state index in [1.807, 2.05) is 12.1 Å². The fourth-order valence-electron chi connectivity index (χ4n) is 2.20. The molecule has 0 unspecified atom stereocenters. The first-order valence-electron chi connectivity index (χ1n) is 6.19. The van der Waals surface area contributed by atoms with Crippen LogP contribution in [0.4, 0.5) is 4.39 Å². The average Bonchev–Trinajstić information content (AvgIpc) is 2.87. The van der Waals surface area contributed by atoms with Gasteiger partial charge < -0.3 is 0 Å². The van der Waals surface area contributed by atoms with E-state index in [1.54, 1.807) is 18.3 Å². The lowest BCUT2D eigenvalue weighted by Crippen LogP contribution is -1.90. The molecule has 21 heavy (non-hydrogen) atoms. The zero-order valence-electron chi connectivity index (χ0n) is 10.5. The molecule has 4 rings (SSSR count). The fraction of sp³-hybridized carbons (Fsp3) is 0. The maximum atomic E-state index is 13.4. The molecule has 0 amide bonds. The van der Waals surface area contributed by atoms with Crippen molar-refractivity contribution in [2.45, 2.75) is 0 Å². The lowest BCUT2D eigenvalue weighted by atomic mass is 10.2. The third-order valence-corrected chi connectivity index (χ3v) is 4.63. The van der Waals surface area contributed by atoms with E-state index in [2.05, 4.69) is 15.0 Å². The minimum Gasteiger partial charge on any atom is -0.245 e. The maximum absolute atomic E-state index is 13.4.